The Bertz CT molecular complexity index is 466. The average Bonchev–Trinajstić information content (AvgIpc) is 2.36. The van der Waals surface area contributed by atoms with Crippen LogP contribution >= 0.6 is 11.6 Å². The number of hydrogen-bond acceptors (Lipinski definition) is 2. The number of amides is 1. The van der Waals surface area contributed by atoms with E-state index in [0.717, 1.165) is 24.8 Å². The fourth-order valence-corrected chi connectivity index (χ4v) is 2.76. The van der Waals surface area contributed by atoms with E-state index in [9.17, 15) is 9.90 Å². The highest BCUT2D eigenvalue weighted by Gasteiger charge is 2.35. The second-order valence-electron chi connectivity index (χ2n) is 6.07. The van der Waals surface area contributed by atoms with Gasteiger partial charge in [0.2, 0.25) is 5.91 Å². The van der Waals surface area contributed by atoms with Crippen LogP contribution in [-0.2, 0) is 4.79 Å². The van der Waals surface area contributed by atoms with Crippen molar-refractivity contribution in [3.63, 3.8) is 0 Å². The lowest BCUT2D eigenvalue weighted by Crippen LogP contribution is -2.49. The van der Waals surface area contributed by atoms with Gasteiger partial charge in [-0.05, 0) is 42.9 Å². The minimum atomic E-state index is -0.683. The van der Waals surface area contributed by atoms with E-state index in [0.29, 0.717) is 11.6 Å². The van der Waals surface area contributed by atoms with Crippen molar-refractivity contribution in [1.82, 2.24) is 5.32 Å². The first-order chi connectivity index (χ1) is 9.41. The summed E-state index contributed by atoms with van der Waals surface area (Å²) in [6.07, 6.45) is 2.60. The lowest BCUT2D eigenvalue weighted by Gasteiger charge is -2.37. The Morgan fingerprint density at radius 3 is 2.40 bits per heavy atom. The molecule has 0 radical (unpaired) electrons. The molecule has 1 unspecified atom stereocenters. The van der Waals surface area contributed by atoms with E-state index in [1.807, 2.05) is 26.0 Å². The summed E-state index contributed by atoms with van der Waals surface area (Å²) in [6, 6.07) is 7.40. The number of nitrogens with one attached hydrogen (secondary N) is 1. The highest BCUT2D eigenvalue weighted by molar-refractivity contribution is 6.30. The molecule has 1 aromatic rings. The van der Waals surface area contributed by atoms with Gasteiger partial charge in [0.15, 0.2) is 0 Å². The molecule has 1 aliphatic rings. The lowest BCUT2D eigenvalue weighted by atomic mass is 9.80. The van der Waals surface area contributed by atoms with Gasteiger partial charge in [-0.25, -0.2) is 0 Å². The predicted molar refractivity (Wildman–Crippen MR) is 80.8 cm³/mol. The van der Waals surface area contributed by atoms with Crippen molar-refractivity contribution in [2.24, 2.45) is 5.92 Å². The molecule has 0 spiro atoms. The van der Waals surface area contributed by atoms with Crippen LogP contribution in [0.2, 0.25) is 5.02 Å². The van der Waals surface area contributed by atoms with Gasteiger partial charge in [-0.2, -0.15) is 0 Å². The Kier molecular flexibility index (Phi) is 4.71. The van der Waals surface area contributed by atoms with E-state index in [1.165, 1.54) is 0 Å². The normalized spacial score (nSPS) is 18.4. The predicted octanol–water partition coefficient (Wildman–Crippen LogP) is 3.11. The van der Waals surface area contributed by atoms with Gasteiger partial charge in [-0.15, -0.1) is 0 Å². The Morgan fingerprint density at radius 1 is 1.35 bits per heavy atom. The molecule has 2 rings (SSSR count). The zero-order valence-electron chi connectivity index (χ0n) is 12.0. The molecule has 4 heteroatoms. The molecule has 0 saturated heterocycles. The summed E-state index contributed by atoms with van der Waals surface area (Å²) in [5.41, 5.74) is 0.277. The molecule has 0 bridgehead atoms. The second kappa shape index (κ2) is 6.15. The maximum atomic E-state index is 12.4. The molecule has 0 aliphatic heterocycles. The zero-order chi connectivity index (χ0) is 14.8. The Balaban J connectivity index is 2.04. The van der Waals surface area contributed by atoms with Crippen LogP contribution in [0.5, 0.6) is 0 Å². The molecular formula is C16H22ClNO2. The van der Waals surface area contributed by atoms with Gasteiger partial charge in [0.05, 0.1) is 11.5 Å². The third kappa shape index (κ3) is 3.53. The minimum Gasteiger partial charge on any atom is -0.388 e. The third-order valence-electron chi connectivity index (χ3n) is 4.05. The van der Waals surface area contributed by atoms with Crippen molar-refractivity contribution in [1.29, 1.82) is 0 Å². The summed E-state index contributed by atoms with van der Waals surface area (Å²) in [5.74, 6) is -0.0502. The summed E-state index contributed by atoms with van der Waals surface area (Å²) < 4.78 is 0. The van der Waals surface area contributed by atoms with Crippen LogP contribution in [0.3, 0.4) is 0 Å². The Morgan fingerprint density at radius 2 is 1.95 bits per heavy atom. The summed E-state index contributed by atoms with van der Waals surface area (Å²) in [7, 11) is 0. The van der Waals surface area contributed by atoms with Crippen LogP contribution in [0.4, 0.5) is 0 Å². The highest BCUT2D eigenvalue weighted by Crippen LogP contribution is 2.31. The molecule has 1 amide bonds. The van der Waals surface area contributed by atoms with Gasteiger partial charge in [-0.3, -0.25) is 4.79 Å². The number of benzene rings is 1. The van der Waals surface area contributed by atoms with Gasteiger partial charge < -0.3 is 10.4 Å². The van der Waals surface area contributed by atoms with Gasteiger partial charge in [0, 0.05) is 11.6 Å². The van der Waals surface area contributed by atoms with Crippen molar-refractivity contribution in [2.45, 2.75) is 44.6 Å². The van der Waals surface area contributed by atoms with Crippen molar-refractivity contribution in [2.75, 3.05) is 6.54 Å². The van der Waals surface area contributed by atoms with E-state index >= 15 is 0 Å². The molecule has 2 N–H and O–H groups in total. The highest BCUT2D eigenvalue weighted by atomic mass is 35.5. The van der Waals surface area contributed by atoms with Crippen LogP contribution in [-0.4, -0.2) is 23.2 Å². The molecule has 3 nitrogen and oxygen atoms in total. The first-order valence-electron chi connectivity index (χ1n) is 7.17. The molecule has 1 atom stereocenters. The van der Waals surface area contributed by atoms with Crippen molar-refractivity contribution >= 4 is 17.5 Å². The monoisotopic (exact) mass is 295 g/mol. The maximum absolute atomic E-state index is 12.4. The lowest BCUT2D eigenvalue weighted by molar-refractivity contribution is -0.126. The standard InChI is InChI=1S/C16H22ClNO2/c1-11(2)14(12-4-6-13(17)7-5-12)15(19)18-10-16(20)8-3-9-16/h4-7,11,14,20H,3,8-10H2,1-2H3,(H,18,19). The molecule has 1 aliphatic carbocycles. The van der Waals surface area contributed by atoms with E-state index in [-0.39, 0.29) is 17.7 Å². The number of carbonyl (C=O) groups is 1. The zero-order valence-corrected chi connectivity index (χ0v) is 12.8. The van der Waals surface area contributed by atoms with Gasteiger partial charge in [0.1, 0.15) is 0 Å². The second-order valence-corrected chi connectivity index (χ2v) is 6.51. The molecular weight excluding hydrogens is 274 g/mol. The summed E-state index contributed by atoms with van der Waals surface area (Å²) in [5, 5.41) is 13.6. The summed E-state index contributed by atoms with van der Waals surface area (Å²) >= 11 is 5.89. The number of halogens is 1. The van der Waals surface area contributed by atoms with Crippen LogP contribution in [0.15, 0.2) is 24.3 Å². The number of rotatable bonds is 5. The number of aliphatic hydroxyl groups is 1. The molecule has 20 heavy (non-hydrogen) atoms. The fraction of sp³-hybridized carbons (Fsp3) is 0.562. The first-order valence-corrected chi connectivity index (χ1v) is 7.55. The maximum Gasteiger partial charge on any atom is 0.227 e. The smallest absolute Gasteiger partial charge is 0.227 e. The molecule has 110 valence electrons. The summed E-state index contributed by atoms with van der Waals surface area (Å²) in [6.45, 7) is 4.40. The first kappa shape index (κ1) is 15.3. The quantitative estimate of drug-likeness (QED) is 0.877. The van der Waals surface area contributed by atoms with Crippen LogP contribution in [0.1, 0.15) is 44.6 Å². The molecule has 0 aromatic heterocycles. The molecule has 1 fully saturated rings. The van der Waals surface area contributed by atoms with Gasteiger partial charge >= 0.3 is 0 Å². The molecule has 1 aromatic carbocycles. The fourth-order valence-electron chi connectivity index (χ4n) is 2.63. The van der Waals surface area contributed by atoms with E-state index in [1.54, 1.807) is 12.1 Å². The van der Waals surface area contributed by atoms with Crippen molar-refractivity contribution in [3.05, 3.63) is 34.9 Å². The van der Waals surface area contributed by atoms with Crippen LogP contribution in [0, 0.1) is 5.92 Å². The average molecular weight is 296 g/mol. The molecule has 0 heterocycles. The van der Waals surface area contributed by atoms with Crippen molar-refractivity contribution in [3.8, 4) is 0 Å². The van der Waals surface area contributed by atoms with Gasteiger partial charge in [0.25, 0.3) is 0 Å². The topological polar surface area (TPSA) is 49.3 Å². The third-order valence-corrected chi connectivity index (χ3v) is 4.31. The van der Waals surface area contributed by atoms with E-state index < -0.39 is 5.60 Å². The SMILES string of the molecule is CC(C)C(C(=O)NCC1(O)CCC1)c1ccc(Cl)cc1. The van der Waals surface area contributed by atoms with E-state index in [2.05, 4.69) is 5.32 Å². The summed E-state index contributed by atoms with van der Waals surface area (Å²) in [4.78, 5) is 12.4. The largest absolute Gasteiger partial charge is 0.388 e. The van der Waals surface area contributed by atoms with Crippen LogP contribution in [0.25, 0.3) is 0 Å². The van der Waals surface area contributed by atoms with Crippen molar-refractivity contribution < 1.29 is 9.90 Å². The molecule has 1 saturated carbocycles. The number of carbonyl (C=O) groups excluding carboxylic acids is 1. The Labute approximate surface area is 125 Å². The number of hydrogen-bond donors (Lipinski definition) is 2. The van der Waals surface area contributed by atoms with Gasteiger partial charge in [-0.1, -0.05) is 37.6 Å². The van der Waals surface area contributed by atoms with Crippen LogP contribution < -0.4 is 5.32 Å². The minimum absolute atomic E-state index is 0.0253. The Hall–Kier alpha value is -1.06. The van der Waals surface area contributed by atoms with E-state index in [4.69, 9.17) is 11.6 Å².